The van der Waals surface area contributed by atoms with Crippen molar-refractivity contribution < 1.29 is 14.3 Å². The van der Waals surface area contributed by atoms with Crippen LogP contribution in [0.2, 0.25) is 0 Å². The minimum absolute atomic E-state index is 0.204. The Morgan fingerprint density at radius 3 is 2.36 bits per heavy atom. The number of nitrogens with zero attached hydrogens (tertiary/aromatic N) is 4. The van der Waals surface area contributed by atoms with Crippen LogP contribution in [-0.2, 0) is 14.3 Å². The van der Waals surface area contributed by atoms with Gasteiger partial charge in [-0.05, 0) is 31.9 Å². The summed E-state index contributed by atoms with van der Waals surface area (Å²) in [5.74, 6) is -1.16. The highest BCUT2D eigenvalue weighted by atomic mass is 16.5. The number of azide groups is 1. The van der Waals surface area contributed by atoms with E-state index in [1.54, 1.807) is 36.1 Å². The lowest BCUT2D eigenvalue weighted by Gasteiger charge is -2.19. The molecule has 0 saturated carbocycles. The van der Waals surface area contributed by atoms with Gasteiger partial charge < -0.3 is 9.64 Å². The molecule has 7 nitrogen and oxygen atoms in total. The molecule has 1 aromatic rings. The van der Waals surface area contributed by atoms with E-state index in [2.05, 4.69) is 10.0 Å². The summed E-state index contributed by atoms with van der Waals surface area (Å²) in [5.41, 5.74) is 9.55. The van der Waals surface area contributed by atoms with E-state index in [0.29, 0.717) is 18.8 Å². The second-order valence-corrected chi connectivity index (χ2v) is 4.68. The predicted octanol–water partition coefficient (Wildman–Crippen LogP) is 3.14. The SMILES string of the molecule is CCN(CC)C(=O)COC(=O)C(C)c1ccc(N=[N+]=[N-])cc1. The van der Waals surface area contributed by atoms with E-state index in [1.807, 2.05) is 13.8 Å². The molecule has 1 amide bonds. The number of hydrogen-bond donors (Lipinski definition) is 0. The largest absolute Gasteiger partial charge is 0.455 e. The summed E-state index contributed by atoms with van der Waals surface area (Å²) in [4.78, 5) is 28.1. The second kappa shape index (κ2) is 8.69. The maximum Gasteiger partial charge on any atom is 0.313 e. The maximum atomic E-state index is 12.0. The van der Waals surface area contributed by atoms with Gasteiger partial charge in [0, 0.05) is 23.7 Å². The van der Waals surface area contributed by atoms with Crippen molar-refractivity contribution in [3.05, 3.63) is 40.3 Å². The van der Waals surface area contributed by atoms with E-state index in [-0.39, 0.29) is 12.5 Å². The van der Waals surface area contributed by atoms with E-state index in [0.717, 1.165) is 5.56 Å². The Kier molecular flexibility index (Phi) is 6.92. The van der Waals surface area contributed by atoms with Crippen LogP contribution in [0.15, 0.2) is 29.4 Å². The normalized spacial score (nSPS) is 11.2. The number of likely N-dealkylation sites (N-methyl/N-ethyl adjacent to an activating group) is 1. The Hall–Kier alpha value is -2.53. The first-order chi connectivity index (χ1) is 10.5. The van der Waals surface area contributed by atoms with Crippen LogP contribution in [0.1, 0.15) is 32.3 Å². The first kappa shape index (κ1) is 17.5. The standard InChI is InChI=1S/C15H20N4O3/c1-4-19(5-2)14(20)10-22-15(21)11(3)12-6-8-13(9-7-12)17-18-16/h6-9,11H,4-5,10H2,1-3H3. The Balaban J connectivity index is 2.61. The molecule has 118 valence electrons. The molecule has 1 unspecified atom stereocenters. The molecule has 1 atom stereocenters. The van der Waals surface area contributed by atoms with Gasteiger partial charge >= 0.3 is 5.97 Å². The molecular formula is C15H20N4O3. The van der Waals surface area contributed by atoms with E-state index < -0.39 is 11.9 Å². The summed E-state index contributed by atoms with van der Waals surface area (Å²) in [7, 11) is 0. The third-order valence-corrected chi connectivity index (χ3v) is 3.36. The lowest BCUT2D eigenvalue weighted by atomic mass is 10.0. The number of ether oxygens (including phenoxy) is 1. The molecule has 7 heteroatoms. The van der Waals surface area contributed by atoms with Gasteiger partial charge in [-0.25, -0.2) is 0 Å². The van der Waals surface area contributed by atoms with Gasteiger partial charge in [0.05, 0.1) is 5.92 Å². The molecule has 0 fully saturated rings. The Morgan fingerprint density at radius 1 is 1.27 bits per heavy atom. The summed E-state index contributed by atoms with van der Waals surface area (Å²) in [6, 6.07) is 6.64. The highest BCUT2D eigenvalue weighted by Crippen LogP contribution is 2.20. The van der Waals surface area contributed by atoms with Crippen molar-refractivity contribution in [1.82, 2.24) is 4.90 Å². The van der Waals surface area contributed by atoms with Crippen molar-refractivity contribution in [3.8, 4) is 0 Å². The van der Waals surface area contributed by atoms with Gasteiger partial charge in [-0.15, -0.1) is 0 Å². The zero-order valence-corrected chi connectivity index (χ0v) is 13.0. The van der Waals surface area contributed by atoms with Gasteiger partial charge in [-0.3, -0.25) is 9.59 Å². The summed E-state index contributed by atoms with van der Waals surface area (Å²) in [5, 5.41) is 3.46. The first-order valence-corrected chi connectivity index (χ1v) is 7.12. The van der Waals surface area contributed by atoms with Crippen molar-refractivity contribution in [3.63, 3.8) is 0 Å². The summed E-state index contributed by atoms with van der Waals surface area (Å²) in [6.45, 7) is 6.37. The van der Waals surface area contributed by atoms with Gasteiger partial charge in [0.2, 0.25) is 0 Å². The smallest absolute Gasteiger partial charge is 0.313 e. The maximum absolute atomic E-state index is 12.0. The van der Waals surface area contributed by atoms with Crippen molar-refractivity contribution in [2.45, 2.75) is 26.7 Å². The average Bonchev–Trinajstić information content (AvgIpc) is 2.54. The third kappa shape index (κ3) is 4.79. The molecular weight excluding hydrogens is 284 g/mol. The van der Waals surface area contributed by atoms with Crippen molar-refractivity contribution in [1.29, 1.82) is 0 Å². The Labute approximate surface area is 129 Å². The van der Waals surface area contributed by atoms with Gasteiger partial charge in [0.1, 0.15) is 0 Å². The van der Waals surface area contributed by atoms with Gasteiger partial charge in [-0.1, -0.05) is 29.4 Å². The quantitative estimate of drug-likeness (QED) is 0.335. The van der Waals surface area contributed by atoms with Crippen LogP contribution < -0.4 is 0 Å². The molecule has 0 aliphatic carbocycles. The van der Waals surface area contributed by atoms with E-state index in [1.165, 1.54) is 0 Å². The molecule has 0 bridgehead atoms. The number of carbonyl (C=O) groups is 2. The number of esters is 1. The topological polar surface area (TPSA) is 95.4 Å². The molecule has 0 aliphatic heterocycles. The van der Waals surface area contributed by atoms with Gasteiger partial charge in [0.15, 0.2) is 6.61 Å². The number of rotatable bonds is 7. The fourth-order valence-corrected chi connectivity index (χ4v) is 1.94. The van der Waals surface area contributed by atoms with Crippen LogP contribution in [0.3, 0.4) is 0 Å². The number of hydrogen-bond acceptors (Lipinski definition) is 4. The Morgan fingerprint density at radius 2 is 1.86 bits per heavy atom. The highest BCUT2D eigenvalue weighted by molar-refractivity contribution is 5.83. The van der Waals surface area contributed by atoms with E-state index in [9.17, 15) is 9.59 Å². The monoisotopic (exact) mass is 304 g/mol. The molecule has 0 spiro atoms. The second-order valence-electron chi connectivity index (χ2n) is 4.68. The predicted molar refractivity (Wildman–Crippen MR) is 82.6 cm³/mol. The lowest BCUT2D eigenvalue weighted by molar-refractivity contribution is -0.152. The first-order valence-electron chi connectivity index (χ1n) is 7.12. The molecule has 0 aromatic heterocycles. The molecule has 0 radical (unpaired) electrons. The van der Waals surface area contributed by atoms with Crippen LogP contribution >= 0.6 is 0 Å². The number of benzene rings is 1. The summed E-state index contributed by atoms with van der Waals surface area (Å²) < 4.78 is 5.07. The molecule has 0 heterocycles. The Bertz CT molecular complexity index is 561. The summed E-state index contributed by atoms with van der Waals surface area (Å²) in [6.07, 6.45) is 0. The zero-order valence-electron chi connectivity index (χ0n) is 13.0. The minimum atomic E-state index is -0.496. The average molecular weight is 304 g/mol. The van der Waals surface area contributed by atoms with Gasteiger partial charge in [0.25, 0.3) is 5.91 Å². The van der Waals surface area contributed by atoms with E-state index >= 15 is 0 Å². The van der Waals surface area contributed by atoms with E-state index in [4.69, 9.17) is 10.3 Å². The van der Waals surface area contributed by atoms with Crippen LogP contribution in [0.4, 0.5) is 5.69 Å². The van der Waals surface area contributed by atoms with Crippen molar-refractivity contribution in [2.75, 3.05) is 19.7 Å². The van der Waals surface area contributed by atoms with Gasteiger partial charge in [-0.2, -0.15) is 0 Å². The molecule has 0 saturated heterocycles. The molecule has 22 heavy (non-hydrogen) atoms. The van der Waals surface area contributed by atoms with Crippen LogP contribution in [0.5, 0.6) is 0 Å². The van der Waals surface area contributed by atoms with Crippen molar-refractivity contribution >= 4 is 17.6 Å². The minimum Gasteiger partial charge on any atom is -0.455 e. The molecule has 0 aliphatic rings. The third-order valence-electron chi connectivity index (χ3n) is 3.36. The lowest BCUT2D eigenvalue weighted by Crippen LogP contribution is -2.34. The number of amides is 1. The molecule has 1 aromatic carbocycles. The number of carbonyl (C=O) groups excluding carboxylic acids is 2. The van der Waals surface area contributed by atoms with Crippen molar-refractivity contribution in [2.24, 2.45) is 5.11 Å². The fourth-order valence-electron chi connectivity index (χ4n) is 1.94. The fraction of sp³-hybridized carbons (Fsp3) is 0.467. The highest BCUT2D eigenvalue weighted by Gasteiger charge is 2.19. The zero-order chi connectivity index (χ0) is 16.5. The molecule has 1 rings (SSSR count). The summed E-state index contributed by atoms with van der Waals surface area (Å²) >= 11 is 0. The van der Waals surface area contributed by atoms with Crippen LogP contribution in [-0.4, -0.2) is 36.5 Å². The van der Waals surface area contributed by atoms with Crippen LogP contribution in [0, 0.1) is 0 Å². The van der Waals surface area contributed by atoms with Crippen LogP contribution in [0.25, 0.3) is 10.4 Å². The molecule has 0 N–H and O–H groups in total.